The molecule has 200 valence electrons. The number of aromatic nitrogens is 1. The predicted octanol–water partition coefficient (Wildman–Crippen LogP) is 5.33. The molecular weight excluding hydrogens is 563 g/mol. The van der Waals surface area contributed by atoms with E-state index in [0.29, 0.717) is 53.8 Å². The Kier molecular flexibility index (Phi) is 8.76. The van der Waals surface area contributed by atoms with Crippen molar-refractivity contribution in [1.82, 2.24) is 14.2 Å². The number of carbonyl (C=O) groups is 1. The molecule has 1 aromatic heterocycles. The Hall–Kier alpha value is -2.53. The van der Waals surface area contributed by atoms with Crippen LogP contribution < -0.4 is 4.90 Å². The van der Waals surface area contributed by atoms with E-state index in [-0.39, 0.29) is 23.2 Å². The number of sulfonamides is 1. The van der Waals surface area contributed by atoms with Crippen LogP contribution >= 0.6 is 35.3 Å². The number of hydrogen-bond acceptors (Lipinski definition) is 6. The topological polar surface area (TPSA) is 73.8 Å². The van der Waals surface area contributed by atoms with Gasteiger partial charge in [0.2, 0.25) is 10.0 Å². The Labute approximate surface area is 238 Å². The summed E-state index contributed by atoms with van der Waals surface area (Å²) in [6.45, 7) is 1.84. The van der Waals surface area contributed by atoms with Gasteiger partial charge in [0.1, 0.15) is 5.52 Å². The summed E-state index contributed by atoms with van der Waals surface area (Å²) in [5, 5.41) is 1.09. The Morgan fingerprint density at radius 2 is 1.71 bits per heavy atom. The molecule has 0 fully saturated rings. The number of anilines is 1. The maximum absolute atomic E-state index is 13.6. The van der Waals surface area contributed by atoms with Crippen molar-refractivity contribution in [2.45, 2.75) is 17.9 Å². The van der Waals surface area contributed by atoms with Crippen LogP contribution in [0.5, 0.6) is 0 Å². The van der Waals surface area contributed by atoms with Crippen molar-refractivity contribution in [3.63, 3.8) is 0 Å². The zero-order valence-electron chi connectivity index (χ0n) is 21.0. The highest BCUT2D eigenvalue weighted by Gasteiger charge is 2.29. The summed E-state index contributed by atoms with van der Waals surface area (Å²) in [5.41, 5.74) is 3.27. The molecule has 2 heterocycles. The number of thiazole rings is 1. The summed E-state index contributed by atoms with van der Waals surface area (Å²) in [4.78, 5) is 22.0. The molecule has 0 N–H and O–H groups in total. The van der Waals surface area contributed by atoms with Crippen molar-refractivity contribution in [1.29, 1.82) is 0 Å². The smallest absolute Gasteiger partial charge is 0.260 e. The Balaban J connectivity index is 0.00000336. The molecule has 1 aliphatic rings. The highest BCUT2D eigenvalue weighted by molar-refractivity contribution is 7.89. The number of nitrogens with zero attached hydrogens (tertiary/aromatic N) is 4. The first-order valence-corrected chi connectivity index (χ1v) is 14.6. The van der Waals surface area contributed by atoms with Crippen molar-refractivity contribution in [2.75, 3.05) is 38.6 Å². The highest BCUT2D eigenvalue weighted by atomic mass is 35.5. The van der Waals surface area contributed by atoms with Gasteiger partial charge in [-0.25, -0.2) is 13.4 Å². The summed E-state index contributed by atoms with van der Waals surface area (Å²) >= 11 is 7.73. The standard InChI is InChI=1S/C27H27ClN4O3S2.ClH/c1-30(2)16-17-32(27-29-25-23(28)8-5-9-24(25)36-27)26(33)20-10-12-22(13-11-20)37(34,35)31-15-14-19-6-3-4-7-21(19)18-31;/h3-13H,14-18H2,1-2H3;1H. The van der Waals surface area contributed by atoms with Crippen LogP contribution in [0.2, 0.25) is 5.02 Å². The van der Waals surface area contributed by atoms with Crippen molar-refractivity contribution >= 4 is 66.6 Å². The molecule has 0 atom stereocenters. The van der Waals surface area contributed by atoms with E-state index in [4.69, 9.17) is 11.6 Å². The van der Waals surface area contributed by atoms with Gasteiger partial charge in [0.15, 0.2) is 5.13 Å². The fourth-order valence-corrected chi connectivity index (χ4v) is 7.06. The van der Waals surface area contributed by atoms with E-state index in [9.17, 15) is 13.2 Å². The van der Waals surface area contributed by atoms with Gasteiger partial charge in [0.25, 0.3) is 5.91 Å². The van der Waals surface area contributed by atoms with Crippen LogP contribution in [-0.2, 0) is 23.0 Å². The summed E-state index contributed by atoms with van der Waals surface area (Å²) < 4.78 is 29.1. The number of rotatable bonds is 7. The van der Waals surface area contributed by atoms with E-state index in [0.717, 1.165) is 10.3 Å². The first-order valence-electron chi connectivity index (χ1n) is 11.9. The number of benzene rings is 3. The minimum Gasteiger partial charge on any atom is -0.308 e. The van der Waals surface area contributed by atoms with Crippen molar-refractivity contribution in [3.05, 3.63) is 88.4 Å². The molecule has 0 bridgehead atoms. The molecule has 0 saturated carbocycles. The maximum atomic E-state index is 13.6. The van der Waals surface area contributed by atoms with Crippen molar-refractivity contribution in [3.8, 4) is 0 Å². The molecule has 3 aromatic carbocycles. The largest absolute Gasteiger partial charge is 0.308 e. The van der Waals surface area contributed by atoms with E-state index in [1.54, 1.807) is 23.1 Å². The molecule has 0 radical (unpaired) electrons. The SMILES string of the molecule is CN(C)CCN(C(=O)c1ccc(S(=O)(=O)N2CCc3ccccc3C2)cc1)c1nc2c(Cl)cccc2s1.Cl. The third-order valence-electron chi connectivity index (χ3n) is 6.44. The highest BCUT2D eigenvalue weighted by Crippen LogP contribution is 2.33. The second kappa shape index (κ2) is 11.7. The monoisotopic (exact) mass is 590 g/mol. The normalized spacial score (nSPS) is 13.8. The number of carbonyl (C=O) groups excluding carboxylic acids is 1. The molecule has 0 spiro atoms. The van der Waals surface area contributed by atoms with Gasteiger partial charge in [-0.2, -0.15) is 4.31 Å². The zero-order valence-corrected chi connectivity index (χ0v) is 24.2. The van der Waals surface area contributed by atoms with Crippen molar-refractivity contribution < 1.29 is 13.2 Å². The number of amides is 1. The molecule has 7 nitrogen and oxygen atoms in total. The Bertz CT molecular complexity index is 1560. The van der Waals surface area contributed by atoms with Gasteiger partial charge in [-0.05, 0) is 68.0 Å². The summed E-state index contributed by atoms with van der Waals surface area (Å²) in [6.07, 6.45) is 0.680. The zero-order chi connectivity index (χ0) is 26.2. The van der Waals surface area contributed by atoms with Gasteiger partial charge in [0, 0.05) is 31.7 Å². The lowest BCUT2D eigenvalue weighted by Gasteiger charge is -2.28. The number of hydrogen-bond donors (Lipinski definition) is 0. The van der Waals surface area contributed by atoms with E-state index in [1.807, 2.05) is 55.4 Å². The van der Waals surface area contributed by atoms with E-state index in [1.165, 1.54) is 33.3 Å². The fourth-order valence-electron chi connectivity index (χ4n) is 4.35. The average Bonchev–Trinajstić information content (AvgIpc) is 3.33. The van der Waals surface area contributed by atoms with E-state index >= 15 is 0 Å². The first kappa shape index (κ1) is 28.5. The van der Waals surface area contributed by atoms with Gasteiger partial charge in [-0.15, -0.1) is 12.4 Å². The van der Waals surface area contributed by atoms with Gasteiger partial charge >= 0.3 is 0 Å². The number of fused-ring (bicyclic) bond motifs is 2. The Morgan fingerprint density at radius 3 is 2.39 bits per heavy atom. The lowest BCUT2D eigenvalue weighted by molar-refractivity contribution is 0.0985. The van der Waals surface area contributed by atoms with Gasteiger partial charge in [-0.1, -0.05) is 53.3 Å². The van der Waals surface area contributed by atoms with Crippen LogP contribution in [0.1, 0.15) is 21.5 Å². The number of para-hydroxylation sites is 1. The second-order valence-electron chi connectivity index (χ2n) is 9.22. The molecule has 0 saturated heterocycles. The van der Waals surface area contributed by atoms with Gasteiger partial charge < -0.3 is 4.90 Å². The van der Waals surface area contributed by atoms with Gasteiger partial charge in [-0.3, -0.25) is 9.69 Å². The van der Waals surface area contributed by atoms with Crippen LogP contribution in [0.25, 0.3) is 10.2 Å². The molecule has 1 aliphatic heterocycles. The predicted molar refractivity (Wildman–Crippen MR) is 156 cm³/mol. The summed E-state index contributed by atoms with van der Waals surface area (Å²) in [7, 11) is 0.196. The number of halogens is 2. The molecule has 5 rings (SSSR count). The average molecular weight is 592 g/mol. The molecule has 11 heteroatoms. The van der Waals surface area contributed by atoms with E-state index in [2.05, 4.69) is 4.98 Å². The fraction of sp³-hybridized carbons (Fsp3) is 0.259. The first-order chi connectivity index (χ1) is 17.7. The second-order valence-corrected chi connectivity index (χ2v) is 12.6. The summed E-state index contributed by atoms with van der Waals surface area (Å²) in [6, 6.07) is 19.7. The van der Waals surface area contributed by atoms with Crippen LogP contribution in [0.3, 0.4) is 0 Å². The van der Waals surface area contributed by atoms with Crippen LogP contribution in [0, 0.1) is 0 Å². The van der Waals surface area contributed by atoms with Crippen LogP contribution in [0.4, 0.5) is 5.13 Å². The maximum Gasteiger partial charge on any atom is 0.260 e. The quantitative estimate of drug-likeness (QED) is 0.291. The minimum absolute atomic E-state index is 0. The van der Waals surface area contributed by atoms with Crippen LogP contribution in [0.15, 0.2) is 71.6 Å². The third kappa shape index (κ3) is 5.73. The molecular formula is C27H28Cl2N4O3S2. The Morgan fingerprint density at radius 1 is 1.00 bits per heavy atom. The molecule has 0 aliphatic carbocycles. The number of likely N-dealkylation sites (N-methyl/N-ethyl adjacent to an activating group) is 1. The molecule has 1 amide bonds. The third-order valence-corrected chi connectivity index (χ3v) is 9.65. The lowest BCUT2D eigenvalue weighted by Crippen LogP contribution is -2.37. The lowest BCUT2D eigenvalue weighted by atomic mass is 10.0. The summed E-state index contributed by atoms with van der Waals surface area (Å²) in [5.74, 6) is -0.243. The molecule has 38 heavy (non-hydrogen) atoms. The van der Waals surface area contributed by atoms with Gasteiger partial charge in [0.05, 0.1) is 14.6 Å². The molecule has 0 unspecified atom stereocenters. The van der Waals surface area contributed by atoms with E-state index < -0.39 is 10.0 Å². The van der Waals surface area contributed by atoms with Crippen LogP contribution in [-0.4, -0.2) is 62.2 Å². The minimum atomic E-state index is -3.69. The van der Waals surface area contributed by atoms with Crippen molar-refractivity contribution in [2.24, 2.45) is 0 Å². The molecule has 4 aromatic rings.